The molecule has 0 aliphatic carbocycles. The van der Waals surface area contributed by atoms with Crippen LogP contribution < -0.4 is 5.32 Å². The van der Waals surface area contributed by atoms with Crippen molar-refractivity contribution in [2.75, 3.05) is 11.9 Å². The summed E-state index contributed by atoms with van der Waals surface area (Å²) in [6.07, 6.45) is 1.62. The fourth-order valence-electron chi connectivity index (χ4n) is 3.58. The lowest BCUT2D eigenvalue weighted by Gasteiger charge is -2.21. The van der Waals surface area contributed by atoms with E-state index in [4.69, 9.17) is 5.11 Å². The molecule has 0 amide bonds. The van der Waals surface area contributed by atoms with Gasteiger partial charge in [0.1, 0.15) is 0 Å². The van der Waals surface area contributed by atoms with Crippen LogP contribution in [-0.2, 0) is 13.0 Å². The second kappa shape index (κ2) is 7.21. The van der Waals surface area contributed by atoms with Crippen molar-refractivity contribution in [2.45, 2.75) is 32.4 Å². The maximum absolute atomic E-state index is 9.07. The Labute approximate surface area is 161 Å². The number of aliphatic hydroxyl groups excluding tert-OH is 1. The van der Waals surface area contributed by atoms with E-state index >= 15 is 0 Å². The molecule has 2 aromatic carbocycles. The molecule has 26 heavy (non-hydrogen) atoms. The molecule has 0 spiro atoms. The summed E-state index contributed by atoms with van der Waals surface area (Å²) < 4.78 is 3.08. The molecule has 1 unspecified atom stereocenters. The molecule has 1 aliphatic heterocycles. The minimum atomic E-state index is 0.176. The Balaban J connectivity index is 1.69. The fraction of sp³-hybridized carbons (Fsp3) is 0.300. The van der Waals surface area contributed by atoms with Crippen molar-refractivity contribution < 1.29 is 5.11 Å². The van der Waals surface area contributed by atoms with E-state index in [0.29, 0.717) is 6.42 Å². The highest BCUT2D eigenvalue weighted by atomic mass is 79.9. The summed E-state index contributed by atoms with van der Waals surface area (Å²) in [7, 11) is 0. The van der Waals surface area contributed by atoms with E-state index in [1.54, 1.807) is 0 Å². The van der Waals surface area contributed by atoms with Crippen molar-refractivity contribution in [3.8, 4) is 11.3 Å². The molecule has 3 aromatic rings. The molecule has 0 bridgehead atoms. The third kappa shape index (κ3) is 3.27. The van der Waals surface area contributed by atoms with Crippen LogP contribution in [0.2, 0.25) is 0 Å². The molecule has 1 atom stereocenters. The predicted molar refractivity (Wildman–Crippen MR) is 106 cm³/mol. The highest BCUT2D eigenvalue weighted by Crippen LogP contribution is 2.38. The smallest absolute Gasteiger partial charge is 0.0918 e. The van der Waals surface area contributed by atoms with Crippen LogP contribution in [0, 0.1) is 6.92 Å². The van der Waals surface area contributed by atoms with Crippen molar-refractivity contribution in [1.82, 2.24) is 15.0 Å². The van der Waals surface area contributed by atoms with E-state index in [1.807, 2.05) is 11.6 Å². The van der Waals surface area contributed by atoms with Gasteiger partial charge in [0.2, 0.25) is 0 Å². The molecule has 2 heterocycles. The quantitative estimate of drug-likeness (QED) is 0.676. The van der Waals surface area contributed by atoms with Crippen LogP contribution in [0.25, 0.3) is 11.3 Å². The summed E-state index contributed by atoms with van der Waals surface area (Å²) in [5.41, 5.74) is 6.73. The third-order valence-electron chi connectivity index (χ3n) is 4.87. The van der Waals surface area contributed by atoms with Crippen molar-refractivity contribution in [1.29, 1.82) is 0 Å². The van der Waals surface area contributed by atoms with Gasteiger partial charge < -0.3 is 10.4 Å². The Morgan fingerprint density at radius 3 is 2.81 bits per heavy atom. The highest BCUT2D eigenvalue weighted by Gasteiger charge is 2.25. The molecule has 134 valence electrons. The molecule has 0 saturated heterocycles. The Kier molecular flexibility index (Phi) is 4.78. The molecule has 0 saturated carbocycles. The monoisotopic (exact) mass is 412 g/mol. The standard InChI is InChI=1S/C20H21BrN4O/c1-13-20-17-7-4-15(21)12-18(17)19(8-10-25(20)24-23-13)22-16-5-2-14(3-6-16)9-11-26/h2-7,12,19,22,26H,8-11H2,1H3. The number of rotatable bonds is 4. The number of aryl methyl sites for hydroxylation is 2. The number of nitrogens with one attached hydrogen (secondary N) is 1. The molecule has 0 radical (unpaired) electrons. The Hall–Kier alpha value is -2.18. The largest absolute Gasteiger partial charge is 0.396 e. The van der Waals surface area contributed by atoms with Crippen LogP contribution in [-0.4, -0.2) is 26.7 Å². The minimum absolute atomic E-state index is 0.176. The van der Waals surface area contributed by atoms with Crippen molar-refractivity contribution >= 4 is 21.6 Å². The van der Waals surface area contributed by atoms with Gasteiger partial charge in [0, 0.05) is 28.9 Å². The van der Waals surface area contributed by atoms with Crippen molar-refractivity contribution in [3.63, 3.8) is 0 Å². The van der Waals surface area contributed by atoms with Crippen LogP contribution >= 0.6 is 15.9 Å². The molecule has 2 N–H and O–H groups in total. The number of aliphatic hydroxyl groups is 1. The van der Waals surface area contributed by atoms with E-state index < -0.39 is 0 Å². The summed E-state index contributed by atoms with van der Waals surface area (Å²) in [5, 5.41) is 21.3. The van der Waals surface area contributed by atoms with Gasteiger partial charge in [-0.1, -0.05) is 39.3 Å². The maximum atomic E-state index is 9.07. The van der Waals surface area contributed by atoms with E-state index in [1.165, 1.54) is 11.1 Å². The van der Waals surface area contributed by atoms with Crippen LogP contribution in [0.3, 0.4) is 0 Å². The van der Waals surface area contributed by atoms with Gasteiger partial charge in [-0.3, -0.25) is 0 Å². The van der Waals surface area contributed by atoms with Gasteiger partial charge >= 0.3 is 0 Å². The summed E-state index contributed by atoms with van der Waals surface area (Å²) >= 11 is 3.62. The van der Waals surface area contributed by atoms with Gasteiger partial charge in [-0.25, -0.2) is 4.68 Å². The lowest BCUT2D eigenvalue weighted by Crippen LogP contribution is -2.12. The zero-order valence-electron chi connectivity index (χ0n) is 14.6. The van der Waals surface area contributed by atoms with Gasteiger partial charge in [-0.2, -0.15) is 0 Å². The summed E-state index contributed by atoms with van der Waals surface area (Å²) in [4.78, 5) is 0. The molecular weight excluding hydrogens is 392 g/mol. The normalized spacial score (nSPS) is 15.9. The topological polar surface area (TPSA) is 63.0 Å². The zero-order chi connectivity index (χ0) is 18.1. The lowest BCUT2D eigenvalue weighted by molar-refractivity contribution is 0.299. The Bertz CT molecular complexity index is 920. The minimum Gasteiger partial charge on any atom is -0.396 e. The number of fused-ring (bicyclic) bond motifs is 3. The maximum Gasteiger partial charge on any atom is 0.0918 e. The van der Waals surface area contributed by atoms with E-state index in [-0.39, 0.29) is 12.6 Å². The number of hydrogen-bond donors (Lipinski definition) is 2. The molecule has 1 aromatic heterocycles. The van der Waals surface area contributed by atoms with E-state index in [9.17, 15) is 0 Å². The first-order valence-electron chi connectivity index (χ1n) is 8.82. The second-order valence-electron chi connectivity index (χ2n) is 6.63. The number of hydrogen-bond acceptors (Lipinski definition) is 4. The highest BCUT2D eigenvalue weighted by molar-refractivity contribution is 9.10. The molecule has 1 aliphatic rings. The average Bonchev–Trinajstić information content (AvgIpc) is 2.93. The first-order chi connectivity index (χ1) is 12.7. The number of halogens is 1. The van der Waals surface area contributed by atoms with Crippen LogP contribution in [0.5, 0.6) is 0 Å². The number of benzene rings is 2. The third-order valence-corrected chi connectivity index (χ3v) is 5.37. The zero-order valence-corrected chi connectivity index (χ0v) is 16.2. The van der Waals surface area contributed by atoms with Gasteiger partial charge in [-0.05, 0) is 55.2 Å². The number of nitrogens with zero attached hydrogens (tertiary/aromatic N) is 3. The number of aromatic nitrogens is 3. The van der Waals surface area contributed by atoms with Gasteiger partial charge in [0.15, 0.2) is 0 Å². The van der Waals surface area contributed by atoms with Crippen LogP contribution in [0.15, 0.2) is 46.9 Å². The molecule has 0 fully saturated rings. The van der Waals surface area contributed by atoms with Crippen LogP contribution in [0.4, 0.5) is 5.69 Å². The van der Waals surface area contributed by atoms with Gasteiger partial charge in [0.05, 0.1) is 17.4 Å². The molecule has 6 heteroatoms. The predicted octanol–water partition coefficient (Wildman–Crippen LogP) is 4.11. The first-order valence-corrected chi connectivity index (χ1v) is 9.61. The molecule has 5 nitrogen and oxygen atoms in total. The molecular formula is C20H21BrN4O. The average molecular weight is 413 g/mol. The SMILES string of the molecule is Cc1nnn2c1-c1ccc(Br)cc1C(Nc1ccc(CCO)cc1)CC2. The van der Waals surface area contributed by atoms with Gasteiger partial charge in [-0.15, -0.1) is 5.10 Å². The van der Waals surface area contributed by atoms with Crippen molar-refractivity contribution in [3.05, 3.63) is 63.8 Å². The van der Waals surface area contributed by atoms with Crippen LogP contribution in [0.1, 0.15) is 29.3 Å². The van der Waals surface area contributed by atoms with E-state index in [0.717, 1.165) is 40.1 Å². The summed E-state index contributed by atoms with van der Waals surface area (Å²) in [6, 6.07) is 14.9. The lowest BCUT2D eigenvalue weighted by atomic mass is 9.96. The molecule has 4 rings (SSSR count). The van der Waals surface area contributed by atoms with E-state index in [2.05, 4.69) is 74.0 Å². The van der Waals surface area contributed by atoms with Crippen molar-refractivity contribution in [2.24, 2.45) is 0 Å². The summed E-state index contributed by atoms with van der Waals surface area (Å²) in [6.45, 7) is 3.01. The first kappa shape index (κ1) is 17.2. The Morgan fingerprint density at radius 1 is 1.23 bits per heavy atom. The number of anilines is 1. The Morgan fingerprint density at radius 2 is 2.04 bits per heavy atom. The second-order valence-corrected chi connectivity index (χ2v) is 7.55. The van der Waals surface area contributed by atoms with Gasteiger partial charge in [0.25, 0.3) is 0 Å². The summed E-state index contributed by atoms with van der Waals surface area (Å²) in [5.74, 6) is 0. The fourth-order valence-corrected chi connectivity index (χ4v) is 3.96.